The molecule has 1 aromatic rings. The van der Waals surface area contributed by atoms with Crippen LogP contribution >= 0.6 is 0 Å². The van der Waals surface area contributed by atoms with E-state index in [1.54, 1.807) is 27.0 Å². The molecule has 0 heterocycles. The van der Waals surface area contributed by atoms with Crippen molar-refractivity contribution in [3.05, 3.63) is 29.3 Å². The summed E-state index contributed by atoms with van der Waals surface area (Å²) in [4.78, 5) is 0. The van der Waals surface area contributed by atoms with Gasteiger partial charge in [0.25, 0.3) is 0 Å². The summed E-state index contributed by atoms with van der Waals surface area (Å²) in [6.07, 6.45) is 3.02. The Bertz CT molecular complexity index is 419. The van der Waals surface area contributed by atoms with E-state index in [2.05, 4.69) is 0 Å². The highest BCUT2D eigenvalue weighted by Crippen LogP contribution is 2.44. The van der Waals surface area contributed by atoms with Gasteiger partial charge in [-0.3, -0.25) is 0 Å². The van der Waals surface area contributed by atoms with Gasteiger partial charge >= 0.3 is 0 Å². The molecule has 94 valence electrons. The molecule has 1 aromatic carbocycles. The molecule has 0 radical (unpaired) electrons. The van der Waals surface area contributed by atoms with Crippen molar-refractivity contribution in [2.75, 3.05) is 7.11 Å². The summed E-state index contributed by atoms with van der Waals surface area (Å²) in [5, 5.41) is 0. The number of nitrogens with two attached hydrogens (primary N) is 1. The van der Waals surface area contributed by atoms with Crippen LogP contribution in [-0.4, -0.2) is 7.11 Å². The highest BCUT2D eigenvalue weighted by atomic mass is 19.1. The molecule has 2 rings (SSSR count). The molecule has 1 aliphatic rings. The van der Waals surface area contributed by atoms with Gasteiger partial charge in [-0.05, 0) is 50.8 Å². The van der Waals surface area contributed by atoms with Gasteiger partial charge in [0.1, 0.15) is 11.4 Å². The highest BCUT2D eigenvalue weighted by Gasteiger charge is 2.37. The molecule has 0 atom stereocenters. The minimum absolute atomic E-state index is 0.327. The molecule has 0 bridgehead atoms. The standard InChI is InChI=1S/C14H20FNO/c1-13(2,15)10-5-6-12(17-3)11(9-10)14(16)7-4-8-14/h5-6,9H,4,7-8,16H2,1-3H3. The fraction of sp³-hybridized carbons (Fsp3) is 0.571. The van der Waals surface area contributed by atoms with Crippen LogP contribution in [0.4, 0.5) is 4.39 Å². The minimum atomic E-state index is -1.35. The highest BCUT2D eigenvalue weighted by molar-refractivity contribution is 5.44. The first-order valence-electron chi connectivity index (χ1n) is 6.04. The Labute approximate surface area is 102 Å². The zero-order valence-corrected chi connectivity index (χ0v) is 10.7. The first-order valence-corrected chi connectivity index (χ1v) is 6.04. The van der Waals surface area contributed by atoms with Crippen molar-refractivity contribution < 1.29 is 9.13 Å². The minimum Gasteiger partial charge on any atom is -0.496 e. The maximum atomic E-state index is 14.0. The van der Waals surface area contributed by atoms with E-state index in [4.69, 9.17) is 10.5 Å². The predicted octanol–water partition coefficient (Wildman–Crippen LogP) is 3.24. The van der Waals surface area contributed by atoms with Crippen molar-refractivity contribution in [1.29, 1.82) is 0 Å². The van der Waals surface area contributed by atoms with Crippen LogP contribution in [0.3, 0.4) is 0 Å². The molecule has 2 nitrogen and oxygen atoms in total. The first-order chi connectivity index (χ1) is 7.87. The van der Waals surface area contributed by atoms with Crippen LogP contribution in [-0.2, 0) is 11.2 Å². The molecule has 1 fully saturated rings. The lowest BCUT2D eigenvalue weighted by Crippen LogP contribution is -2.43. The lowest BCUT2D eigenvalue weighted by atomic mass is 9.71. The topological polar surface area (TPSA) is 35.2 Å². The molecular formula is C14H20FNO. The Morgan fingerprint density at radius 2 is 2.00 bits per heavy atom. The zero-order valence-electron chi connectivity index (χ0n) is 10.7. The predicted molar refractivity (Wildman–Crippen MR) is 66.8 cm³/mol. The molecule has 0 amide bonds. The van der Waals surface area contributed by atoms with Gasteiger partial charge in [-0.15, -0.1) is 0 Å². The van der Waals surface area contributed by atoms with Crippen LogP contribution in [0.5, 0.6) is 5.75 Å². The van der Waals surface area contributed by atoms with Crippen LogP contribution in [0.25, 0.3) is 0 Å². The number of benzene rings is 1. The smallest absolute Gasteiger partial charge is 0.130 e. The van der Waals surface area contributed by atoms with E-state index in [9.17, 15) is 4.39 Å². The van der Waals surface area contributed by atoms with Gasteiger partial charge in [-0.2, -0.15) is 0 Å². The van der Waals surface area contributed by atoms with Gasteiger partial charge in [0, 0.05) is 11.1 Å². The quantitative estimate of drug-likeness (QED) is 0.876. The second-order valence-corrected chi connectivity index (χ2v) is 5.40. The summed E-state index contributed by atoms with van der Waals surface area (Å²) in [6.45, 7) is 3.12. The Morgan fingerprint density at radius 1 is 1.35 bits per heavy atom. The third-order valence-corrected chi connectivity index (χ3v) is 3.67. The van der Waals surface area contributed by atoms with Gasteiger partial charge in [0.15, 0.2) is 0 Å². The van der Waals surface area contributed by atoms with Crippen molar-refractivity contribution in [3.8, 4) is 5.75 Å². The van der Waals surface area contributed by atoms with E-state index in [1.807, 2.05) is 12.1 Å². The van der Waals surface area contributed by atoms with E-state index in [-0.39, 0.29) is 5.54 Å². The monoisotopic (exact) mass is 237 g/mol. The number of methoxy groups -OCH3 is 1. The van der Waals surface area contributed by atoms with Gasteiger partial charge in [-0.1, -0.05) is 6.07 Å². The molecule has 0 aromatic heterocycles. The number of ether oxygens (including phenoxy) is 1. The van der Waals surface area contributed by atoms with E-state index < -0.39 is 5.67 Å². The average molecular weight is 237 g/mol. The van der Waals surface area contributed by atoms with E-state index >= 15 is 0 Å². The van der Waals surface area contributed by atoms with Gasteiger partial charge in [0.05, 0.1) is 7.11 Å². The average Bonchev–Trinajstić information content (AvgIpc) is 2.23. The molecular weight excluding hydrogens is 217 g/mol. The van der Waals surface area contributed by atoms with Crippen LogP contribution in [0, 0.1) is 0 Å². The molecule has 0 saturated heterocycles. The normalized spacial score (nSPS) is 18.6. The van der Waals surface area contributed by atoms with Crippen LogP contribution < -0.4 is 10.5 Å². The van der Waals surface area contributed by atoms with Crippen molar-refractivity contribution in [1.82, 2.24) is 0 Å². The summed E-state index contributed by atoms with van der Waals surface area (Å²) < 4.78 is 19.3. The third kappa shape index (κ3) is 2.16. The number of hydrogen-bond donors (Lipinski definition) is 1. The van der Waals surface area contributed by atoms with Crippen LogP contribution in [0.2, 0.25) is 0 Å². The lowest BCUT2D eigenvalue weighted by Gasteiger charge is -2.39. The molecule has 0 unspecified atom stereocenters. The maximum absolute atomic E-state index is 14.0. The summed E-state index contributed by atoms with van der Waals surface area (Å²) in [7, 11) is 1.63. The molecule has 17 heavy (non-hydrogen) atoms. The third-order valence-electron chi connectivity index (χ3n) is 3.67. The SMILES string of the molecule is COc1ccc(C(C)(C)F)cc1C1(N)CCC1. The van der Waals surface area contributed by atoms with Crippen molar-refractivity contribution in [2.45, 2.75) is 44.3 Å². The summed E-state index contributed by atoms with van der Waals surface area (Å²) in [5.41, 5.74) is 6.23. The van der Waals surface area contributed by atoms with Crippen molar-refractivity contribution in [3.63, 3.8) is 0 Å². The Hall–Kier alpha value is -1.09. The maximum Gasteiger partial charge on any atom is 0.130 e. The molecule has 0 aliphatic heterocycles. The summed E-state index contributed by atoms with van der Waals surface area (Å²) in [5.74, 6) is 0.764. The molecule has 1 saturated carbocycles. The summed E-state index contributed by atoms with van der Waals surface area (Å²) >= 11 is 0. The van der Waals surface area contributed by atoms with E-state index in [0.29, 0.717) is 5.56 Å². The Balaban J connectivity index is 2.47. The number of hydrogen-bond acceptors (Lipinski definition) is 2. The number of rotatable bonds is 3. The molecule has 3 heteroatoms. The van der Waals surface area contributed by atoms with Crippen LogP contribution in [0.15, 0.2) is 18.2 Å². The molecule has 2 N–H and O–H groups in total. The van der Waals surface area contributed by atoms with Gasteiger partial charge in [0.2, 0.25) is 0 Å². The lowest BCUT2D eigenvalue weighted by molar-refractivity contribution is 0.217. The fourth-order valence-corrected chi connectivity index (χ4v) is 2.29. The van der Waals surface area contributed by atoms with E-state index in [1.165, 1.54) is 0 Å². The fourth-order valence-electron chi connectivity index (χ4n) is 2.29. The first kappa shape index (κ1) is 12.4. The molecule has 0 spiro atoms. The number of alkyl halides is 1. The Kier molecular flexibility index (Phi) is 2.90. The van der Waals surface area contributed by atoms with Crippen molar-refractivity contribution in [2.24, 2.45) is 5.73 Å². The zero-order chi connectivity index (χ0) is 12.7. The largest absolute Gasteiger partial charge is 0.496 e. The van der Waals surface area contributed by atoms with E-state index in [0.717, 1.165) is 30.6 Å². The van der Waals surface area contributed by atoms with Crippen molar-refractivity contribution >= 4 is 0 Å². The summed E-state index contributed by atoms with van der Waals surface area (Å²) in [6, 6.07) is 5.45. The van der Waals surface area contributed by atoms with Gasteiger partial charge < -0.3 is 10.5 Å². The second-order valence-electron chi connectivity index (χ2n) is 5.40. The number of halogens is 1. The van der Waals surface area contributed by atoms with Gasteiger partial charge in [-0.25, -0.2) is 4.39 Å². The molecule has 1 aliphatic carbocycles. The Morgan fingerprint density at radius 3 is 2.41 bits per heavy atom. The second kappa shape index (κ2) is 3.98. The van der Waals surface area contributed by atoms with Crippen LogP contribution in [0.1, 0.15) is 44.2 Å².